The van der Waals surface area contributed by atoms with Crippen LogP contribution in [0.3, 0.4) is 0 Å². The number of benzene rings is 2. The van der Waals surface area contributed by atoms with E-state index in [1.165, 1.54) is 23.2 Å². The van der Waals surface area contributed by atoms with Gasteiger partial charge in [-0.25, -0.2) is 0 Å². The normalized spacial score (nSPS) is 27.9. The second kappa shape index (κ2) is 5.88. The first-order valence-corrected chi connectivity index (χ1v) is 9.80. The molecule has 0 radical (unpaired) electrons. The molecule has 2 aromatic rings. The van der Waals surface area contributed by atoms with Crippen LogP contribution in [0.5, 0.6) is 11.5 Å². The van der Waals surface area contributed by atoms with Crippen molar-refractivity contribution in [2.75, 3.05) is 38.0 Å². The Morgan fingerprint density at radius 2 is 2.04 bits per heavy atom. The molecule has 1 saturated heterocycles. The summed E-state index contributed by atoms with van der Waals surface area (Å²) < 4.78 is 23.3. The average molecular weight is 365 g/mol. The minimum absolute atomic E-state index is 0.128. The maximum Gasteiger partial charge on any atom is 0.189 e. The number of fused-ring (bicyclic) bond motifs is 5. The highest BCUT2D eigenvalue weighted by atomic mass is 16.7. The predicted molar refractivity (Wildman–Crippen MR) is 101 cm³/mol. The molecule has 5 heteroatoms. The Morgan fingerprint density at radius 3 is 2.96 bits per heavy atom. The van der Waals surface area contributed by atoms with Crippen LogP contribution in [0.4, 0.5) is 5.69 Å². The molecule has 1 spiro atoms. The van der Waals surface area contributed by atoms with E-state index in [1.54, 1.807) is 0 Å². The summed E-state index contributed by atoms with van der Waals surface area (Å²) in [5.74, 6) is 1.84. The minimum atomic E-state index is -0.128. The van der Waals surface area contributed by atoms with Crippen LogP contribution in [0.25, 0.3) is 0 Å². The van der Waals surface area contributed by atoms with E-state index in [4.69, 9.17) is 18.9 Å². The topological polar surface area (TPSA) is 40.2 Å². The van der Waals surface area contributed by atoms with Crippen molar-refractivity contribution in [3.8, 4) is 11.5 Å². The molecule has 1 fully saturated rings. The highest BCUT2D eigenvalue weighted by molar-refractivity contribution is 5.70. The first-order valence-electron chi connectivity index (χ1n) is 9.80. The second-order valence-electron chi connectivity index (χ2n) is 7.97. The van der Waals surface area contributed by atoms with Gasteiger partial charge in [-0.2, -0.15) is 0 Å². The third-order valence-corrected chi connectivity index (χ3v) is 6.38. The third-order valence-electron chi connectivity index (χ3n) is 6.38. The first kappa shape index (κ1) is 15.8. The van der Waals surface area contributed by atoms with Gasteiger partial charge in [0.05, 0.1) is 18.1 Å². The van der Waals surface area contributed by atoms with Crippen molar-refractivity contribution < 1.29 is 18.9 Å². The van der Waals surface area contributed by atoms with E-state index < -0.39 is 0 Å². The van der Waals surface area contributed by atoms with Gasteiger partial charge in [0.1, 0.15) is 18.1 Å². The van der Waals surface area contributed by atoms with Crippen LogP contribution in [-0.2, 0) is 21.5 Å². The molecule has 0 N–H and O–H groups in total. The Morgan fingerprint density at radius 1 is 1.07 bits per heavy atom. The van der Waals surface area contributed by atoms with Gasteiger partial charge in [0, 0.05) is 42.6 Å². The molecule has 0 saturated carbocycles. The Kier molecular flexibility index (Phi) is 3.44. The highest BCUT2D eigenvalue weighted by Crippen LogP contribution is 2.53. The van der Waals surface area contributed by atoms with E-state index in [2.05, 4.69) is 35.2 Å². The summed E-state index contributed by atoms with van der Waals surface area (Å²) in [6.07, 6.45) is 2.66. The lowest BCUT2D eigenvalue weighted by Crippen LogP contribution is -2.39. The first-order chi connectivity index (χ1) is 13.3. The number of anilines is 1. The van der Waals surface area contributed by atoms with Gasteiger partial charge in [-0.05, 0) is 30.5 Å². The molecule has 140 valence electrons. The average Bonchev–Trinajstić information content (AvgIpc) is 3.42. The predicted octanol–water partition coefficient (Wildman–Crippen LogP) is 3.23. The van der Waals surface area contributed by atoms with E-state index in [0.29, 0.717) is 26.1 Å². The Balaban J connectivity index is 1.43. The van der Waals surface area contributed by atoms with Crippen molar-refractivity contribution >= 4 is 5.69 Å². The fourth-order valence-corrected chi connectivity index (χ4v) is 5.08. The Bertz CT molecular complexity index is 892. The molecule has 0 aliphatic carbocycles. The monoisotopic (exact) mass is 365 g/mol. The van der Waals surface area contributed by atoms with Crippen molar-refractivity contribution in [2.45, 2.75) is 31.0 Å². The van der Waals surface area contributed by atoms with Gasteiger partial charge < -0.3 is 23.8 Å². The molecule has 2 atom stereocenters. The van der Waals surface area contributed by atoms with Crippen LogP contribution < -0.4 is 14.4 Å². The minimum Gasteiger partial charge on any atom is -0.492 e. The van der Waals surface area contributed by atoms with E-state index in [-0.39, 0.29) is 5.41 Å². The van der Waals surface area contributed by atoms with Crippen LogP contribution in [0.1, 0.15) is 29.5 Å². The largest absolute Gasteiger partial charge is 0.492 e. The van der Waals surface area contributed by atoms with Gasteiger partial charge in [0.25, 0.3) is 0 Å². The summed E-state index contributed by atoms with van der Waals surface area (Å²) in [7, 11) is 0. The quantitative estimate of drug-likeness (QED) is 0.817. The van der Waals surface area contributed by atoms with Gasteiger partial charge in [-0.3, -0.25) is 0 Å². The van der Waals surface area contributed by atoms with Gasteiger partial charge in [0.15, 0.2) is 6.79 Å². The fraction of sp³-hybridized carbons (Fsp3) is 0.455. The number of para-hydroxylation sites is 1. The molecular weight excluding hydrogens is 342 g/mol. The molecule has 4 heterocycles. The molecular formula is C22H23NO4. The zero-order valence-electron chi connectivity index (χ0n) is 15.3. The highest BCUT2D eigenvalue weighted by Gasteiger charge is 2.50. The zero-order chi connectivity index (χ0) is 17.8. The van der Waals surface area contributed by atoms with Gasteiger partial charge in [0.2, 0.25) is 0 Å². The molecule has 27 heavy (non-hydrogen) atoms. The number of hydrogen-bond donors (Lipinski definition) is 0. The fourth-order valence-electron chi connectivity index (χ4n) is 5.08. The molecule has 4 aliphatic heterocycles. The van der Waals surface area contributed by atoms with Crippen LogP contribution in [0.2, 0.25) is 0 Å². The summed E-state index contributed by atoms with van der Waals surface area (Å²) in [4.78, 5) is 2.50. The standard InChI is InChI=1S/C22H23NO4/c1-2-6-19-17(5-1)22(12-23(19)10-16-4-3-7-25-16)13-26-21-9-20-15(8-18(21)22)11-24-14-27-20/h1-2,5-6,8-9,16H,3-4,7,10-14H2/t16-,22?/m1/s1. The van der Waals surface area contributed by atoms with Crippen LogP contribution in [0.15, 0.2) is 36.4 Å². The molecule has 2 aromatic carbocycles. The van der Waals surface area contributed by atoms with Crippen molar-refractivity contribution in [1.29, 1.82) is 0 Å². The number of rotatable bonds is 2. The Labute approximate surface area is 158 Å². The lowest BCUT2D eigenvalue weighted by atomic mass is 9.77. The van der Waals surface area contributed by atoms with E-state index in [9.17, 15) is 0 Å². The van der Waals surface area contributed by atoms with E-state index >= 15 is 0 Å². The van der Waals surface area contributed by atoms with Crippen molar-refractivity contribution in [3.63, 3.8) is 0 Å². The summed E-state index contributed by atoms with van der Waals surface area (Å²) >= 11 is 0. The molecule has 0 amide bonds. The molecule has 5 nitrogen and oxygen atoms in total. The van der Waals surface area contributed by atoms with Crippen LogP contribution in [0, 0.1) is 0 Å². The summed E-state index contributed by atoms with van der Waals surface area (Å²) in [6, 6.07) is 13.1. The summed E-state index contributed by atoms with van der Waals surface area (Å²) in [5, 5.41) is 0. The van der Waals surface area contributed by atoms with Crippen LogP contribution in [-0.4, -0.2) is 39.2 Å². The molecule has 0 bridgehead atoms. The molecule has 4 aliphatic rings. The van der Waals surface area contributed by atoms with Gasteiger partial charge in [-0.1, -0.05) is 18.2 Å². The maximum absolute atomic E-state index is 6.20. The second-order valence-corrected chi connectivity index (χ2v) is 7.97. The van der Waals surface area contributed by atoms with Crippen LogP contribution >= 0.6 is 0 Å². The Hall–Kier alpha value is -2.24. The maximum atomic E-state index is 6.20. The van der Waals surface area contributed by atoms with Gasteiger partial charge in [-0.15, -0.1) is 0 Å². The third kappa shape index (κ3) is 2.31. The van der Waals surface area contributed by atoms with Gasteiger partial charge >= 0.3 is 0 Å². The number of ether oxygens (including phenoxy) is 4. The molecule has 0 aromatic heterocycles. The van der Waals surface area contributed by atoms with E-state index in [1.807, 2.05) is 6.07 Å². The van der Waals surface area contributed by atoms with E-state index in [0.717, 1.165) is 43.2 Å². The van der Waals surface area contributed by atoms with Crippen molar-refractivity contribution in [1.82, 2.24) is 0 Å². The number of hydrogen-bond acceptors (Lipinski definition) is 5. The lowest BCUT2D eigenvalue weighted by molar-refractivity contribution is -0.0165. The smallest absolute Gasteiger partial charge is 0.189 e. The SMILES string of the molecule is c1ccc2c(c1)N(C[C@H]1CCCO1)CC21COc2cc3c(cc21)COCO3. The van der Waals surface area contributed by atoms with Crippen molar-refractivity contribution in [2.24, 2.45) is 0 Å². The molecule has 1 unspecified atom stereocenters. The number of nitrogens with zero attached hydrogens (tertiary/aromatic N) is 1. The zero-order valence-corrected chi connectivity index (χ0v) is 15.3. The summed E-state index contributed by atoms with van der Waals surface area (Å²) in [5.41, 5.74) is 4.92. The lowest BCUT2D eigenvalue weighted by Gasteiger charge is -2.27. The molecule has 6 rings (SSSR count). The summed E-state index contributed by atoms with van der Waals surface area (Å²) in [6.45, 7) is 4.36. The van der Waals surface area contributed by atoms with Crippen molar-refractivity contribution in [3.05, 3.63) is 53.1 Å².